The fourth-order valence-corrected chi connectivity index (χ4v) is 3.10. The highest BCUT2D eigenvalue weighted by molar-refractivity contribution is 7.89. The number of sulfonamides is 1. The third-order valence-electron chi connectivity index (χ3n) is 3.10. The van der Waals surface area contributed by atoms with E-state index < -0.39 is 10.0 Å². The molecule has 0 amide bonds. The van der Waals surface area contributed by atoms with Crippen molar-refractivity contribution in [3.63, 3.8) is 0 Å². The van der Waals surface area contributed by atoms with Crippen LogP contribution >= 0.6 is 0 Å². The molecule has 0 bridgehead atoms. The molecule has 7 nitrogen and oxygen atoms in total. The maximum absolute atomic E-state index is 12.6. The molecule has 0 aliphatic heterocycles. The summed E-state index contributed by atoms with van der Waals surface area (Å²) in [6.45, 7) is 0.112. The van der Waals surface area contributed by atoms with Crippen LogP contribution in [-0.2, 0) is 23.6 Å². The van der Waals surface area contributed by atoms with E-state index in [9.17, 15) is 8.42 Å². The minimum absolute atomic E-state index is 0.0293. The Kier molecular flexibility index (Phi) is 3.97. The first-order valence-electron chi connectivity index (χ1n) is 6.08. The first-order valence-corrected chi connectivity index (χ1v) is 7.52. The van der Waals surface area contributed by atoms with Crippen molar-refractivity contribution in [3.8, 4) is 6.07 Å². The predicted molar refractivity (Wildman–Crippen MR) is 77.4 cm³/mol. The number of anilines is 1. The van der Waals surface area contributed by atoms with Crippen LogP contribution in [0, 0.1) is 11.3 Å². The number of rotatable bonds is 4. The molecule has 8 heteroatoms. The fraction of sp³-hybridized carbons (Fsp3) is 0.231. The van der Waals surface area contributed by atoms with Crippen molar-refractivity contribution < 1.29 is 8.42 Å². The first-order chi connectivity index (χ1) is 9.86. The minimum Gasteiger partial charge on any atom is -0.399 e. The van der Waals surface area contributed by atoms with Crippen LogP contribution in [-0.4, -0.2) is 29.3 Å². The molecule has 2 N–H and O–H groups in total. The molecule has 0 aliphatic rings. The molecule has 1 heterocycles. The number of hydrogen-bond donors (Lipinski definition) is 1. The number of nitrogens with two attached hydrogens (primary N) is 1. The summed E-state index contributed by atoms with van der Waals surface area (Å²) in [5.41, 5.74) is 5.95. The van der Waals surface area contributed by atoms with Gasteiger partial charge >= 0.3 is 0 Å². The van der Waals surface area contributed by atoms with Crippen LogP contribution in [0.2, 0.25) is 0 Å². The van der Waals surface area contributed by atoms with Gasteiger partial charge in [0.1, 0.15) is 16.8 Å². The Balaban J connectivity index is 2.38. The van der Waals surface area contributed by atoms with E-state index in [1.165, 1.54) is 25.2 Å². The Morgan fingerprint density at radius 3 is 2.76 bits per heavy atom. The van der Waals surface area contributed by atoms with Crippen LogP contribution in [0.3, 0.4) is 0 Å². The van der Waals surface area contributed by atoms with E-state index >= 15 is 0 Å². The Bertz CT molecular complexity index is 804. The predicted octanol–water partition coefficient (Wildman–Crippen LogP) is 0.695. The summed E-state index contributed by atoms with van der Waals surface area (Å²) >= 11 is 0. The molecule has 0 radical (unpaired) electrons. The van der Waals surface area contributed by atoms with Crippen LogP contribution in [0.15, 0.2) is 35.5 Å². The molecular formula is C13H15N5O2S. The largest absolute Gasteiger partial charge is 0.399 e. The molecular weight excluding hydrogens is 290 g/mol. The van der Waals surface area contributed by atoms with Gasteiger partial charge in [0.2, 0.25) is 10.0 Å². The molecule has 0 saturated carbocycles. The summed E-state index contributed by atoms with van der Waals surface area (Å²) in [5.74, 6) is 0.607. The number of nitrogens with zero attached hydrogens (tertiary/aromatic N) is 4. The lowest BCUT2D eigenvalue weighted by Crippen LogP contribution is -2.28. The molecule has 0 saturated heterocycles. The van der Waals surface area contributed by atoms with Crippen molar-refractivity contribution in [1.82, 2.24) is 13.9 Å². The SMILES string of the molecule is CN(Cc1nccn1C)S(=O)(=O)c1ccc(N)cc1C#N. The Morgan fingerprint density at radius 2 is 2.19 bits per heavy atom. The van der Waals surface area contributed by atoms with Gasteiger partial charge in [0, 0.05) is 32.2 Å². The zero-order valence-corrected chi connectivity index (χ0v) is 12.5. The topological polar surface area (TPSA) is 105 Å². The van der Waals surface area contributed by atoms with Crippen LogP contribution in [0.4, 0.5) is 5.69 Å². The quantitative estimate of drug-likeness (QED) is 0.837. The van der Waals surface area contributed by atoms with E-state index in [0.29, 0.717) is 11.5 Å². The third kappa shape index (κ3) is 2.89. The number of nitriles is 1. The molecule has 1 aromatic heterocycles. The average molecular weight is 305 g/mol. The highest BCUT2D eigenvalue weighted by Gasteiger charge is 2.25. The summed E-state index contributed by atoms with van der Waals surface area (Å²) in [7, 11) is -0.559. The molecule has 1 aromatic carbocycles. The lowest BCUT2D eigenvalue weighted by Gasteiger charge is -2.17. The van der Waals surface area contributed by atoms with E-state index in [0.717, 1.165) is 4.31 Å². The van der Waals surface area contributed by atoms with E-state index in [-0.39, 0.29) is 17.0 Å². The summed E-state index contributed by atoms with van der Waals surface area (Å²) in [4.78, 5) is 4.03. The normalized spacial score (nSPS) is 11.5. The number of aromatic nitrogens is 2. The molecule has 21 heavy (non-hydrogen) atoms. The van der Waals surface area contributed by atoms with Gasteiger partial charge in [0.15, 0.2) is 0 Å². The van der Waals surface area contributed by atoms with Gasteiger partial charge in [-0.1, -0.05) is 0 Å². The van der Waals surface area contributed by atoms with Crippen LogP contribution in [0.1, 0.15) is 11.4 Å². The van der Waals surface area contributed by atoms with Crippen molar-refractivity contribution >= 4 is 15.7 Å². The zero-order chi connectivity index (χ0) is 15.6. The second-order valence-electron chi connectivity index (χ2n) is 4.58. The van der Waals surface area contributed by atoms with Crippen molar-refractivity contribution in [2.45, 2.75) is 11.4 Å². The third-order valence-corrected chi connectivity index (χ3v) is 4.96. The van der Waals surface area contributed by atoms with Crippen molar-refractivity contribution in [2.24, 2.45) is 7.05 Å². The standard InChI is InChI=1S/C13H15N5O2S/c1-17-6-5-16-13(17)9-18(2)21(19,20)12-4-3-11(15)7-10(12)8-14/h3-7H,9,15H2,1-2H3. The van der Waals surface area contributed by atoms with E-state index in [2.05, 4.69) is 4.98 Å². The van der Waals surface area contributed by atoms with Gasteiger partial charge < -0.3 is 10.3 Å². The van der Waals surface area contributed by atoms with E-state index in [1.54, 1.807) is 24.0 Å². The summed E-state index contributed by atoms with van der Waals surface area (Å²) in [6.07, 6.45) is 3.33. The van der Waals surface area contributed by atoms with E-state index in [4.69, 9.17) is 11.0 Å². The van der Waals surface area contributed by atoms with Crippen molar-refractivity contribution in [3.05, 3.63) is 42.0 Å². The second kappa shape index (κ2) is 5.55. The Hall–Kier alpha value is -2.37. The van der Waals surface area contributed by atoms with Crippen molar-refractivity contribution in [2.75, 3.05) is 12.8 Å². The van der Waals surface area contributed by atoms with Gasteiger partial charge in [0.25, 0.3) is 0 Å². The monoisotopic (exact) mass is 305 g/mol. The number of aryl methyl sites for hydroxylation is 1. The van der Waals surface area contributed by atoms with Gasteiger partial charge in [-0.15, -0.1) is 0 Å². The highest BCUT2D eigenvalue weighted by atomic mass is 32.2. The van der Waals surface area contributed by atoms with Gasteiger partial charge in [-0.2, -0.15) is 9.57 Å². The van der Waals surface area contributed by atoms with E-state index in [1.807, 2.05) is 6.07 Å². The molecule has 2 aromatic rings. The number of nitrogen functional groups attached to an aromatic ring is 1. The van der Waals surface area contributed by atoms with Crippen LogP contribution < -0.4 is 5.73 Å². The smallest absolute Gasteiger partial charge is 0.244 e. The molecule has 0 unspecified atom stereocenters. The highest BCUT2D eigenvalue weighted by Crippen LogP contribution is 2.22. The molecule has 0 aliphatic carbocycles. The van der Waals surface area contributed by atoms with Gasteiger partial charge in [-0.05, 0) is 18.2 Å². The lowest BCUT2D eigenvalue weighted by molar-refractivity contribution is 0.451. The van der Waals surface area contributed by atoms with Crippen LogP contribution in [0.25, 0.3) is 0 Å². The Labute approximate surface area is 123 Å². The maximum atomic E-state index is 12.6. The van der Waals surface area contributed by atoms with Gasteiger partial charge in [-0.25, -0.2) is 13.4 Å². The minimum atomic E-state index is -3.79. The first kappa shape index (κ1) is 15.0. The van der Waals surface area contributed by atoms with Crippen LogP contribution in [0.5, 0.6) is 0 Å². The van der Waals surface area contributed by atoms with Crippen molar-refractivity contribution in [1.29, 1.82) is 5.26 Å². The molecule has 2 rings (SSSR count). The van der Waals surface area contributed by atoms with Gasteiger partial charge in [0.05, 0.1) is 12.1 Å². The second-order valence-corrected chi connectivity index (χ2v) is 6.60. The fourth-order valence-electron chi connectivity index (χ4n) is 1.86. The summed E-state index contributed by atoms with van der Waals surface area (Å²) in [5, 5.41) is 9.08. The number of imidazole rings is 1. The maximum Gasteiger partial charge on any atom is 0.244 e. The lowest BCUT2D eigenvalue weighted by atomic mass is 10.2. The zero-order valence-electron chi connectivity index (χ0n) is 11.7. The average Bonchev–Trinajstić information content (AvgIpc) is 2.83. The summed E-state index contributed by atoms with van der Waals surface area (Å²) < 4.78 is 28.0. The Morgan fingerprint density at radius 1 is 1.48 bits per heavy atom. The molecule has 110 valence electrons. The summed E-state index contributed by atoms with van der Waals surface area (Å²) in [6, 6.07) is 6.02. The molecule has 0 spiro atoms. The molecule has 0 atom stereocenters. The number of benzene rings is 1. The number of hydrogen-bond acceptors (Lipinski definition) is 5. The van der Waals surface area contributed by atoms with Gasteiger partial charge in [-0.3, -0.25) is 0 Å². The molecule has 0 fully saturated rings.